The van der Waals surface area contributed by atoms with Crippen molar-refractivity contribution in [2.45, 2.75) is 36.9 Å². The van der Waals surface area contributed by atoms with Gasteiger partial charge in [-0.25, -0.2) is 14.2 Å². The van der Waals surface area contributed by atoms with Crippen LogP contribution in [0.5, 0.6) is 0 Å². The lowest BCUT2D eigenvalue weighted by atomic mass is 9.95. The maximum absolute atomic E-state index is 11.9. The van der Waals surface area contributed by atoms with Crippen molar-refractivity contribution in [3.05, 3.63) is 21.0 Å². The Hall–Kier alpha value is -1.04. The molecule has 2 aliphatic carbocycles. The summed E-state index contributed by atoms with van der Waals surface area (Å²) in [5.41, 5.74) is -0.692. The van der Waals surface area contributed by atoms with Crippen molar-refractivity contribution in [1.29, 1.82) is 0 Å². The van der Waals surface area contributed by atoms with Gasteiger partial charge < -0.3 is 0 Å². The van der Waals surface area contributed by atoms with Crippen LogP contribution in [-0.2, 0) is 0 Å². The third-order valence-electron chi connectivity index (χ3n) is 4.06. The van der Waals surface area contributed by atoms with Gasteiger partial charge in [-0.3, -0.25) is 4.98 Å². The molecule has 0 spiro atoms. The first-order valence-corrected chi connectivity index (χ1v) is 7.18. The molecule has 6 heteroatoms. The summed E-state index contributed by atoms with van der Waals surface area (Å²) in [6, 6.07) is 0.0772. The molecule has 0 amide bonds. The van der Waals surface area contributed by atoms with Gasteiger partial charge in [0.25, 0.3) is 0 Å². The predicted molar refractivity (Wildman–Crippen MR) is 65.4 cm³/mol. The number of nitrogens with one attached hydrogen (secondary N) is 1. The maximum atomic E-state index is 11.9. The topological polar surface area (TPSA) is 67.8 Å². The average Bonchev–Trinajstić information content (AvgIpc) is 2.90. The van der Waals surface area contributed by atoms with Crippen LogP contribution in [0.25, 0.3) is 0 Å². The average molecular weight is 253 g/mol. The van der Waals surface area contributed by atoms with Crippen LogP contribution in [0.4, 0.5) is 0 Å². The summed E-state index contributed by atoms with van der Waals surface area (Å²) in [5, 5.41) is 0.402. The van der Waals surface area contributed by atoms with Crippen LogP contribution in [0, 0.1) is 11.8 Å². The summed E-state index contributed by atoms with van der Waals surface area (Å²) in [7, 11) is 0. The molecule has 1 aromatic heterocycles. The molecule has 0 aromatic carbocycles. The Morgan fingerprint density at radius 3 is 2.71 bits per heavy atom. The van der Waals surface area contributed by atoms with Gasteiger partial charge in [-0.2, -0.15) is 4.98 Å². The third kappa shape index (κ3) is 1.74. The zero-order valence-corrected chi connectivity index (χ0v) is 10.5. The molecule has 3 rings (SSSR count). The van der Waals surface area contributed by atoms with E-state index < -0.39 is 5.69 Å². The molecule has 92 valence electrons. The van der Waals surface area contributed by atoms with Gasteiger partial charge in [0.15, 0.2) is 5.16 Å². The van der Waals surface area contributed by atoms with Crippen LogP contribution >= 0.6 is 11.8 Å². The van der Waals surface area contributed by atoms with E-state index in [0.717, 1.165) is 12.8 Å². The van der Waals surface area contributed by atoms with Gasteiger partial charge in [-0.05, 0) is 37.4 Å². The van der Waals surface area contributed by atoms with Crippen molar-refractivity contribution in [2.75, 3.05) is 6.26 Å². The van der Waals surface area contributed by atoms with Crippen molar-refractivity contribution in [3.8, 4) is 0 Å². The fourth-order valence-electron chi connectivity index (χ4n) is 3.32. The van der Waals surface area contributed by atoms with Crippen molar-refractivity contribution in [3.63, 3.8) is 0 Å². The molecule has 0 aliphatic heterocycles. The maximum Gasteiger partial charge on any atom is 0.354 e. The summed E-state index contributed by atoms with van der Waals surface area (Å²) < 4.78 is 1.34. The van der Waals surface area contributed by atoms with E-state index in [2.05, 4.69) is 9.97 Å². The fourth-order valence-corrected chi connectivity index (χ4v) is 3.68. The molecular formula is C11H15N3O2S. The van der Waals surface area contributed by atoms with Crippen LogP contribution in [0.2, 0.25) is 0 Å². The molecule has 1 aromatic rings. The van der Waals surface area contributed by atoms with Gasteiger partial charge in [0.05, 0.1) is 0 Å². The lowest BCUT2D eigenvalue weighted by molar-refractivity contribution is 0.306. The second kappa shape index (κ2) is 4.01. The molecule has 17 heavy (non-hydrogen) atoms. The highest BCUT2D eigenvalue weighted by Gasteiger charge is 2.41. The van der Waals surface area contributed by atoms with Crippen molar-refractivity contribution in [1.82, 2.24) is 14.5 Å². The quantitative estimate of drug-likeness (QED) is 0.799. The highest BCUT2D eigenvalue weighted by atomic mass is 32.2. The third-order valence-corrected chi connectivity index (χ3v) is 4.64. The SMILES string of the molecule is CSc1nc(=O)n(C2CC3CCC2C3)c(=O)[nH]1. The smallest absolute Gasteiger partial charge is 0.286 e. The van der Waals surface area contributed by atoms with E-state index in [1.807, 2.05) is 0 Å². The summed E-state index contributed by atoms with van der Waals surface area (Å²) in [5.74, 6) is 1.21. The second-order valence-corrected chi connectivity index (χ2v) is 5.74. The first kappa shape index (κ1) is 11.1. The molecule has 2 bridgehead atoms. The molecule has 3 atom stereocenters. The van der Waals surface area contributed by atoms with E-state index in [0.29, 0.717) is 17.0 Å². The highest BCUT2D eigenvalue weighted by molar-refractivity contribution is 7.98. The van der Waals surface area contributed by atoms with E-state index in [-0.39, 0.29) is 11.7 Å². The molecular weight excluding hydrogens is 238 g/mol. The largest absolute Gasteiger partial charge is 0.354 e. The molecule has 2 fully saturated rings. The fraction of sp³-hybridized carbons (Fsp3) is 0.727. The van der Waals surface area contributed by atoms with E-state index in [9.17, 15) is 9.59 Å². The number of fused-ring (bicyclic) bond motifs is 2. The second-order valence-electron chi connectivity index (χ2n) is 4.95. The minimum Gasteiger partial charge on any atom is -0.286 e. The van der Waals surface area contributed by atoms with Gasteiger partial charge in [0.2, 0.25) is 0 Å². The number of thioether (sulfide) groups is 1. The first-order chi connectivity index (χ1) is 8.19. The Balaban J connectivity index is 2.04. The van der Waals surface area contributed by atoms with E-state index in [1.54, 1.807) is 6.26 Å². The lowest BCUT2D eigenvalue weighted by Gasteiger charge is -2.22. The Morgan fingerprint density at radius 2 is 2.18 bits per heavy atom. The molecule has 2 aliphatic rings. The minimum atomic E-state index is -0.393. The number of rotatable bonds is 2. The number of aromatic amines is 1. The minimum absolute atomic E-state index is 0.0772. The van der Waals surface area contributed by atoms with E-state index in [4.69, 9.17) is 0 Å². The van der Waals surface area contributed by atoms with Crippen molar-refractivity contribution in [2.24, 2.45) is 11.8 Å². The molecule has 2 saturated carbocycles. The summed E-state index contributed by atoms with van der Waals surface area (Å²) in [6.45, 7) is 0. The normalized spacial score (nSPS) is 31.0. The van der Waals surface area contributed by atoms with Gasteiger partial charge in [-0.15, -0.1) is 0 Å². The molecule has 1 N–H and O–H groups in total. The van der Waals surface area contributed by atoms with E-state index >= 15 is 0 Å². The Labute approximate surface area is 103 Å². The van der Waals surface area contributed by atoms with E-state index in [1.165, 1.54) is 29.2 Å². The molecule has 5 nitrogen and oxygen atoms in total. The van der Waals surface area contributed by atoms with Crippen LogP contribution in [0.15, 0.2) is 14.7 Å². The van der Waals surface area contributed by atoms with Crippen LogP contribution < -0.4 is 11.4 Å². The Morgan fingerprint density at radius 1 is 1.35 bits per heavy atom. The Bertz CT molecular complexity index is 519. The standard InChI is InChI=1S/C11H15N3O2S/c1-17-9-12-10(15)14(11(16)13-9)8-5-6-2-3-7(8)4-6/h6-8H,2-5H2,1H3,(H,12,13,15,16). The summed E-state index contributed by atoms with van der Waals surface area (Å²) in [4.78, 5) is 30.4. The van der Waals surface area contributed by atoms with Crippen molar-refractivity contribution >= 4 is 11.8 Å². The number of nitrogens with zero attached hydrogens (tertiary/aromatic N) is 2. The van der Waals surface area contributed by atoms with Gasteiger partial charge in [0, 0.05) is 6.04 Å². The van der Waals surface area contributed by atoms with Crippen molar-refractivity contribution < 1.29 is 0 Å². The number of aromatic nitrogens is 3. The molecule has 3 unspecified atom stereocenters. The molecule has 0 saturated heterocycles. The zero-order valence-electron chi connectivity index (χ0n) is 9.68. The monoisotopic (exact) mass is 253 g/mol. The van der Waals surface area contributed by atoms with Gasteiger partial charge >= 0.3 is 11.4 Å². The zero-order chi connectivity index (χ0) is 12.0. The predicted octanol–water partition coefficient (Wildman–Crippen LogP) is 1.01. The number of hydrogen-bond acceptors (Lipinski definition) is 4. The summed E-state index contributed by atoms with van der Waals surface area (Å²) >= 11 is 1.28. The Kier molecular flexibility index (Phi) is 2.61. The van der Waals surface area contributed by atoms with Crippen LogP contribution in [0.1, 0.15) is 31.7 Å². The number of hydrogen-bond donors (Lipinski definition) is 1. The highest BCUT2D eigenvalue weighted by Crippen LogP contribution is 2.49. The van der Waals surface area contributed by atoms with Crippen LogP contribution in [0.3, 0.4) is 0 Å². The van der Waals surface area contributed by atoms with Gasteiger partial charge in [0.1, 0.15) is 0 Å². The summed E-state index contributed by atoms with van der Waals surface area (Å²) in [6.07, 6.45) is 6.32. The molecule has 0 radical (unpaired) electrons. The number of H-pyrrole nitrogens is 1. The lowest BCUT2D eigenvalue weighted by Crippen LogP contribution is -2.41. The first-order valence-electron chi connectivity index (χ1n) is 5.96. The van der Waals surface area contributed by atoms with Crippen LogP contribution in [-0.4, -0.2) is 20.8 Å². The van der Waals surface area contributed by atoms with Gasteiger partial charge in [-0.1, -0.05) is 18.2 Å². The molecule has 1 heterocycles.